The molecule has 4 aromatic rings. The van der Waals surface area contributed by atoms with Gasteiger partial charge >= 0.3 is 11.9 Å². The molecule has 18 heteroatoms. The minimum atomic E-state index is -1.18. The zero-order chi connectivity index (χ0) is 42.2. The van der Waals surface area contributed by atoms with Crippen LogP contribution in [-0.4, -0.2) is 98.8 Å². The molecule has 5 atom stereocenters. The molecule has 0 spiro atoms. The van der Waals surface area contributed by atoms with Crippen LogP contribution in [0.15, 0.2) is 73.3 Å². The van der Waals surface area contributed by atoms with Gasteiger partial charge in [-0.05, 0) is 55.8 Å². The quantitative estimate of drug-likeness (QED) is 0.0390. The highest BCUT2D eigenvalue weighted by Gasteiger charge is 2.32. The summed E-state index contributed by atoms with van der Waals surface area (Å²) in [7, 11) is 0. The Labute approximate surface area is 337 Å². The second kappa shape index (κ2) is 22.0. The lowest BCUT2D eigenvalue weighted by Gasteiger charge is -2.29. The second-order valence-corrected chi connectivity index (χ2v) is 14.7. The van der Waals surface area contributed by atoms with Crippen molar-refractivity contribution in [2.75, 3.05) is 13.1 Å². The van der Waals surface area contributed by atoms with Crippen LogP contribution in [0.2, 0.25) is 0 Å². The first-order chi connectivity index (χ1) is 27.7. The normalized spacial score (nSPS) is 13.8. The number of amides is 7. The van der Waals surface area contributed by atoms with Crippen molar-refractivity contribution in [3.05, 3.63) is 90.1 Å². The first-order valence-electron chi connectivity index (χ1n) is 19.4. The standard InChI is InChI=1S/C40H56N12O6/c1-24(2)22-52(51-39(57)34(18-27-20-45-31-14-8-7-13-29(27)31)50-37(55)30(42)19-28-21-44-23-46-28)40(58)47-25(3)36(54)49-33(17-26-11-5-4-6-12-26)38(56)48-32(35(43)53)15-9-10-16-41/h4-8,11-14,20-21,23-25,30,32-34,45H,9-10,15-19,22,41-42H2,1-3H3,(H2,43,53)(H,44,46)(H,47,58)(H,48,56)(H,49,54)(H,50,55)(H,51,57)/p+1. The lowest BCUT2D eigenvalue weighted by Crippen LogP contribution is -2.67. The minimum absolute atomic E-state index is 0.0443. The van der Waals surface area contributed by atoms with Crippen LogP contribution in [0.1, 0.15) is 56.9 Å². The number of nitrogens with two attached hydrogens (primary N) is 2. The summed E-state index contributed by atoms with van der Waals surface area (Å²) in [6.45, 7) is 5.60. The number of imidazole rings is 1. The van der Waals surface area contributed by atoms with Crippen molar-refractivity contribution in [3.63, 3.8) is 0 Å². The van der Waals surface area contributed by atoms with Gasteiger partial charge in [-0.15, -0.1) is 0 Å². The summed E-state index contributed by atoms with van der Waals surface area (Å²) in [5.74, 6) is -3.16. The van der Waals surface area contributed by atoms with Crippen molar-refractivity contribution in [3.8, 4) is 0 Å². The number of carbonyl (C=O) groups is 6. The van der Waals surface area contributed by atoms with Crippen molar-refractivity contribution in [1.82, 2.24) is 46.7 Å². The summed E-state index contributed by atoms with van der Waals surface area (Å²) in [4.78, 5) is 90.6. The van der Waals surface area contributed by atoms with Gasteiger partial charge in [0, 0.05) is 54.8 Å². The smallest absolute Gasteiger partial charge is 0.336 e. The second-order valence-electron chi connectivity index (χ2n) is 14.7. The molecular formula is C40H57N12O6+. The molecule has 0 aliphatic heterocycles. The van der Waals surface area contributed by atoms with Gasteiger partial charge in [0.2, 0.25) is 17.7 Å². The van der Waals surface area contributed by atoms with E-state index in [0.29, 0.717) is 31.5 Å². The predicted molar refractivity (Wildman–Crippen MR) is 217 cm³/mol. The number of fused-ring (bicyclic) bond motifs is 1. The van der Waals surface area contributed by atoms with E-state index >= 15 is 0 Å². The van der Waals surface area contributed by atoms with E-state index in [1.165, 1.54) is 13.3 Å². The average Bonchev–Trinajstić information content (AvgIpc) is 3.86. The Hall–Kier alpha value is -6.11. The molecule has 7 amide bonds. The van der Waals surface area contributed by atoms with Crippen molar-refractivity contribution in [1.29, 1.82) is 0 Å². The number of aromatic nitrogens is 3. The maximum Gasteiger partial charge on any atom is 0.336 e. The number of H-pyrrole nitrogens is 2. The molecule has 18 nitrogen and oxygen atoms in total. The summed E-state index contributed by atoms with van der Waals surface area (Å²) >= 11 is 0. The van der Waals surface area contributed by atoms with E-state index in [9.17, 15) is 28.8 Å². The Balaban J connectivity index is 1.48. The van der Waals surface area contributed by atoms with E-state index in [-0.39, 0.29) is 31.7 Å². The number of aromatic amines is 2. The van der Waals surface area contributed by atoms with Crippen molar-refractivity contribution >= 4 is 46.5 Å². The third-order valence-corrected chi connectivity index (χ3v) is 9.40. The number of nitrogens with zero attached hydrogens (tertiary/aromatic N) is 2. The first-order valence-corrected chi connectivity index (χ1v) is 19.4. The van der Waals surface area contributed by atoms with Gasteiger partial charge in [-0.2, -0.15) is 0 Å². The molecule has 0 aliphatic carbocycles. The van der Waals surface area contributed by atoms with Crippen LogP contribution in [0, 0.1) is 5.92 Å². The summed E-state index contributed by atoms with van der Waals surface area (Å²) in [5, 5.41) is 12.7. The van der Waals surface area contributed by atoms with Crippen LogP contribution >= 0.6 is 0 Å². The van der Waals surface area contributed by atoms with Crippen LogP contribution in [0.25, 0.3) is 10.9 Å². The molecule has 312 valence electrons. The van der Waals surface area contributed by atoms with Crippen molar-refractivity contribution in [2.45, 2.75) is 89.5 Å². The van der Waals surface area contributed by atoms with Crippen molar-refractivity contribution < 1.29 is 34.5 Å². The summed E-state index contributed by atoms with van der Waals surface area (Å²) in [5.41, 5.74) is 20.9. The SMILES string of the molecule is CC(C)CN(NC(=O)C(Cc1c[nH]c2ccccc12)NC(=O)C(N)Cc1cnc[nH]1)C(=O)NC(C)C(=O)NC(Cc1ccccc1)C(=O)NC(CCCCN)C([NH3+])=O. The Bertz CT molecular complexity index is 1970. The third-order valence-electron chi connectivity index (χ3n) is 9.40. The molecule has 0 fully saturated rings. The number of hydrazine groups is 1. The Kier molecular flexibility index (Phi) is 16.9. The third kappa shape index (κ3) is 13.5. The number of urea groups is 1. The summed E-state index contributed by atoms with van der Waals surface area (Å²) in [6, 6.07) is 10.4. The minimum Gasteiger partial charge on any atom is -0.361 e. The number of hydrogen-bond donors (Lipinski definition) is 10. The van der Waals surface area contributed by atoms with E-state index in [4.69, 9.17) is 11.5 Å². The lowest BCUT2D eigenvalue weighted by molar-refractivity contribution is -0.308. The molecule has 0 saturated carbocycles. The van der Waals surface area contributed by atoms with E-state index in [1.54, 1.807) is 36.7 Å². The summed E-state index contributed by atoms with van der Waals surface area (Å²) in [6.07, 6.45) is 6.69. The van der Waals surface area contributed by atoms with Gasteiger partial charge in [-0.1, -0.05) is 62.4 Å². The van der Waals surface area contributed by atoms with Crippen LogP contribution in [0.4, 0.5) is 4.79 Å². The Morgan fingerprint density at radius 3 is 2.12 bits per heavy atom. The maximum absolute atomic E-state index is 14.0. The fourth-order valence-corrected chi connectivity index (χ4v) is 6.25. The number of benzene rings is 2. The molecule has 0 saturated heterocycles. The molecule has 14 N–H and O–H groups in total. The molecule has 0 bridgehead atoms. The monoisotopic (exact) mass is 801 g/mol. The highest BCUT2D eigenvalue weighted by Crippen LogP contribution is 2.19. The van der Waals surface area contributed by atoms with Gasteiger partial charge < -0.3 is 42.7 Å². The molecule has 5 unspecified atom stereocenters. The van der Waals surface area contributed by atoms with Gasteiger partial charge in [-0.25, -0.2) is 19.6 Å². The van der Waals surface area contributed by atoms with E-state index < -0.39 is 65.8 Å². The van der Waals surface area contributed by atoms with Crippen LogP contribution in [0.5, 0.6) is 0 Å². The van der Waals surface area contributed by atoms with Gasteiger partial charge in [0.05, 0.1) is 12.4 Å². The van der Waals surface area contributed by atoms with Gasteiger partial charge in [0.25, 0.3) is 5.91 Å². The highest BCUT2D eigenvalue weighted by atomic mass is 16.2. The fraction of sp³-hybridized carbons (Fsp3) is 0.425. The van der Waals surface area contributed by atoms with E-state index in [1.807, 2.05) is 44.2 Å². The first kappa shape index (κ1) is 44.6. The molecule has 58 heavy (non-hydrogen) atoms. The van der Waals surface area contributed by atoms with E-state index in [2.05, 4.69) is 47.4 Å². The predicted octanol–water partition coefficient (Wildman–Crippen LogP) is -0.315. The average molecular weight is 802 g/mol. The fourth-order valence-electron chi connectivity index (χ4n) is 6.25. The molecule has 0 aliphatic rings. The highest BCUT2D eigenvalue weighted by molar-refractivity contribution is 5.94. The molecule has 4 rings (SSSR count). The zero-order valence-electron chi connectivity index (χ0n) is 33.3. The number of unbranched alkanes of at least 4 members (excludes halogenated alkanes) is 1. The Morgan fingerprint density at radius 2 is 1.45 bits per heavy atom. The van der Waals surface area contributed by atoms with Crippen LogP contribution < -0.4 is 43.9 Å². The number of para-hydroxylation sites is 1. The number of quaternary nitrogens is 1. The topological polar surface area (TPSA) is 290 Å². The Morgan fingerprint density at radius 1 is 0.776 bits per heavy atom. The maximum atomic E-state index is 14.0. The number of rotatable bonds is 21. The largest absolute Gasteiger partial charge is 0.361 e. The van der Waals surface area contributed by atoms with Gasteiger partial charge in [-0.3, -0.25) is 30.3 Å². The number of hydrogen-bond acceptors (Lipinski definition) is 9. The van der Waals surface area contributed by atoms with E-state index in [0.717, 1.165) is 27.0 Å². The van der Waals surface area contributed by atoms with Crippen LogP contribution in [-0.2, 0) is 43.2 Å². The lowest BCUT2D eigenvalue weighted by atomic mass is 10.0. The van der Waals surface area contributed by atoms with Crippen LogP contribution in [0.3, 0.4) is 0 Å². The molecule has 2 heterocycles. The van der Waals surface area contributed by atoms with Gasteiger partial charge in [0.15, 0.2) is 0 Å². The molecular weight excluding hydrogens is 745 g/mol. The number of nitrogens with one attached hydrogen (secondary N) is 7. The zero-order valence-corrected chi connectivity index (χ0v) is 33.3. The molecule has 2 aromatic carbocycles. The summed E-state index contributed by atoms with van der Waals surface area (Å²) < 4.78 is 0. The number of carbonyl (C=O) groups excluding carboxylic acids is 6. The van der Waals surface area contributed by atoms with Crippen molar-refractivity contribution in [2.24, 2.45) is 17.4 Å². The van der Waals surface area contributed by atoms with Gasteiger partial charge in [0.1, 0.15) is 24.2 Å². The molecule has 2 aromatic heterocycles. The molecule has 0 radical (unpaired) electrons.